The van der Waals surface area contributed by atoms with E-state index in [1.165, 1.54) is 21.6 Å². The highest BCUT2D eigenvalue weighted by atomic mass is 32.1. The van der Waals surface area contributed by atoms with Crippen LogP contribution in [0.5, 0.6) is 0 Å². The smallest absolute Gasteiger partial charge is 0.320 e. The molecule has 1 aliphatic heterocycles. The molecule has 0 amide bonds. The van der Waals surface area contributed by atoms with Crippen LogP contribution in [0.1, 0.15) is 27.0 Å². The molecule has 0 fully saturated rings. The fraction of sp³-hybridized carbons (Fsp3) is 0.250. The number of nitrogens with one attached hydrogen (secondary N) is 1. The molecule has 7 nitrogen and oxygen atoms in total. The van der Waals surface area contributed by atoms with Crippen LogP contribution in [0, 0.1) is 6.92 Å². The van der Waals surface area contributed by atoms with Crippen molar-refractivity contribution in [3.8, 4) is 0 Å². The van der Waals surface area contributed by atoms with Crippen molar-refractivity contribution < 1.29 is 18.0 Å². The van der Waals surface area contributed by atoms with E-state index in [4.69, 9.17) is 0 Å². The van der Waals surface area contributed by atoms with Gasteiger partial charge in [-0.1, -0.05) is 6.07 Å². The lowest BCUT2D eigenvalue weighted by atomic mass is 9.92. The van der Waals surface area contributed by atoms with E-state index in [0.29, 0.717) is 11.3 Å². The van der Waals surface area contributed by atoms with E-state index in [1.54, 1.807) is 25.4 Å². The second-order valence-electron chi connectivity index (χ2n) is 5.96. The van der Waals surface area contributed by atoms with Crippen molar-refractivity contribution in [3.63, 3.8) is 0 Å². The maximum absolute atomic E-state index is 13.8. The van der Waals surface area contributed by atoms with Crippen molar-refractivity contribution >= 4 is 23.1 Å². The summed E-state index contributed by atoms with van der Waals surface area (Å²) in [4.78, 5) is 17.1. The molecule has 1 N–H and O–H groups in total. The Hall–Kier alpha value is -2.95. The molecule has 0 radical (unpaired) electrons. The first-order valence-corrected chi connectivity index (χ1v) is 8.71. The maximum atomic E-state index is 13.8. The summed E-state index contributed by atoms with van der Waals surface area (Å²) in [5.74, 6) is -0.794. The van der Waals surface area contributed by atoms with Crippen LogP contribution in [0.2, 0.25) is 0 Å². The summed E-state index contributed by atoms with van der Waals surface area (Å²) in [5, 5.41) is 12.0. The third-order valence-corrected chi connectivity index (χ3v) is 5.31. The van der Waals surface area contributed by atoms with Gasteiger partial charge in [-0.25, -0.2) is 4.68 Å². The third kappa shape index (κ3) is 2.74. The average molecular weight is 394 g/mol. The number of nitrogens with zero attached hydrogens (tertiary/aromatic N) is 5. The summed E-state index contributed by atoms with van der Waals surface area (Å²) >= 11 is 1.08. The SMILES string of the molecule is Cc1c(C2C(C(=O)c3cccs3)=C(C(F)(F)F)Nc3ncnn32)cnn1C. The molecule has 4 rings (SSSR count). The number of hydrogen-bond donors (Lipinski definition) is 1. The number of carbonyl (C=O) groups excluding carboxylic acids is 1. The number of hydrogen-bond acceptors (Lipinski definition) is 6. The maximum Gasteiger partial charge on any atom is 0.431 e. The molecule has 0 aromatic carbocycles. The molecule has 140 valence electrons. The van der Waals surface area contributed by atoms with Gasteiger partial charge in [0.15, 0.2) is 0 Å². The number of alkyl halides is 3. The predicted octanol–water partition coefficient (Wildman–Crippen LogP) is 3.10. The Kier molecular flexibility index (Phi) is 3.91. The highest BCUT2D eigenvalue weighted by Crippen LogP contribution is 2.42. The van der Waals surface area contributed by atoms with E-state index in [2.05, 4.69) is 20.5 Å². The first kappa shape index (κ1) is 17.5. The van der Waals surface area contributed by atoms with E-state index < -0.39 is 29.3 Å². The molecule has 0 bridgehead atoms. The van der Waals surface area contributed by atoms with Crippen LogP contribution in [-0.4, -0.2) is 36.5 Å². The Balaban J connectivity index is 2.01. The first-order valence-electron chi connectivity index (χ1n) is 7.83. The lowest BCUT2D eigenvalue weighted by Crippen LogP contribution is -2.35. The van der Waals surface area contributed by atoms with Crippen molar-refractivity contribution in [2.24, 2.45) is 7.05 Å². The Labute approximate surface area is 155 Å². The average Bonchev–Trinajstić information content (AvgIpc) is 3.35. The first-order chi connectivity index (χ1) is 12.8. The fourth-order valence-corrected chi connectivity index (χ4v) is 3.72. The van der Waals surface area contributed by atoms with Gasteiger partial charge >= 0.3 is 6.18 Å². The third-order valence-electron chi connectivity index (χ3n) is 4.44. The minimum atomic E-state index is -4.77. The van der Waals surface area contributed by atoms with Crippen LogP contribution in [0.15, 0.2) is 41.3 Å². The Morgan fingerprint density at radius 3 is 2.70 bits per heavy atom. The standard InChI is InChI=1S/C16H13F3N6OS/c1-8-9(6-21-24(8)2)12-11(13(26)10-4-3-5-27-10)14(16(17,18)19)23-15-20-7-22-25(12)15/h3-7,12H,1-2H3,(H,20,22,23). The van der Waals surface area contributed by atoms with Crippen molar-refractivity contribution in [1.29, 1.82) is 0 Å². The molecule has 3 aromatic heterocycles. The molecular weight excluding hydrogens is 381 g/mol. The predicted molar refractivity (Wildman–Crippen MR) is 91.5 cm³/mol. The summed E-state index contributed by atoms with van der Waals surface area (Å²) in [7, 11) is 1.68. The Morgan fingerprint density at radius 2 is 2.11 bits per heavy atom. The van der Waals surface area contributed by atoms with Crippen LogP contribution in [0.25, 0.3) is 0 Å². The summed E-state index contributed by atoms with van der Waals surface area (Å²) < 4.78 is 44.3. The summed E-state index contributed by atoms with van der Waals surface area (Å²) in [6, 6.07) is 2.02. The lowest BCUT2D eigenvalue weighted by molar-refractivity contribution is -0.0918. The molecule has 3 aromatic rings. The molecule has 27 heavy (non-hydrogen) atoms. The van der Waals surface area contributed by atoms with Crippen LogP contribution in [-0.2, 0) is 7.05 Å². The molecule has 1 unspecified atom stereocenters. The van der Waals surface area contributed by atoms with Gasteiger partial charge in [0.1, 0.15) is 18.1 Å². The number of carbonyl (C=O) groups is 1. The van der Waals surface area contributed by atoms with Crippen molar-refractivity contribution in [2.75, 3.05) is 5.32 Å². The van der Waals surface area contributed by atoms with Gasteiger partial charge in [0.05, 0.1) is 16.6 Å². The Bertz CT molecular complexity index is 1050. The van der Waals surface area contributed by atoms with E-state index >= 15 is 0 Å². The highest BCUT2D eigenvalue weighted by Gasteiger charge is 2.46. The fourth-order valence-electron chi connectivity index (χ4n) is 3.04. The van der Waals surface area contributed by atoms with Crippen LogP contribution in [0.3, 0.4) is 0 Å². The molecule has 0 saturated heterocycles. The van der Waals surface area contributed by atoms with E-state index in [9.17, 15) is 18.0 Å². The van der Waals surface area contributed by atoms with Gasteiger partial charge in [-0.05, 0) is 18.4 Å². The zero-order valence-corrected chi connectivity index (χ0v) is 15.0. The molecule has 1 aliphatic rings. The number of allylic oxidation sites excluding steroid dienone is 2. The van der Waals surface area contributed by atoms with Crippen LogP contribution >= 0.6 is 11.3 Å². The number of rotatable bonds is 3. The van der Waals surface area contributed by atoms with Gasteiger partial charge in [-0.2, -0.15) is 28.4 Å². The normalized spacial score (nSPS) is 17.0. The molecular formula is C16H13F3N6OS. The Morgan fingerprint density at radius 1 is 1.33 bits per heavy atom. The zero-order valence-electron chi connectivity index (χ0n) is 14.2. The van der Waals surface area contributed by atoms with Gasteiger partial charge < -0.3 is 5.32 Å². The quantitative estimate of drug-likeness (QED) is 0.691. The van der Waals surface area contributed by atoms with Crippen molar-refractivity contribution in [2.45, 2.75) is 19.1 Å². The molecule has 4 heterocycles. The van der Waals surface area contributed by atoms with E-state index in [1.807, 2.05) is 0 Å². The summed E-state index contributed by atoms with van der Waals surface area (Å²) in [6.45, 7) is 1.72. The van der Waals surface area contributed by atoms with Gasteiger partial charge in [-0.3, -0.25) is 9.48 Å². The number of aromatic nitrogens is 5. The van der Waals surface area contributed by atoms with Gasteiger partial charge in [0.2, 0.25) is 11.7 Å². The topological polar surface area (TPSA) is 77.6 Å². The number of Topliss-reactive ketones (excluding diaryl/α,β-unsaturated/α-hetero) is 1. The molecule has 0 saturated carbocycles. The monoisotopic (exact) mass is 394 g/mol. The summed E-state index contributed by atoms with van der Waals surface area (Å²) in [5.41, 5.74) is -0.484. The summed E-state index contributed by atoms with van der Waals surface area (Å²) in [6.07, 6.45) is -2.17. The van der Waals surface area contributed by atoms with E-state index in [0.717, 1.165) is 17.7 Å². The molecule has 0 aliphatic carbocycles. The molecule has 0 spiro atoms. The van der Waals surface area contributed by atoms with Gasteiger partial charge in [0.25, 0.3) is 0 Å². The number of ketones is 1. The number of fused-ring (bicyclic) bond motifs is 1. The minimum Gasteiger partial charge on any atom is -0.320 e. The highest BCUT2D eigenvalue weighted by molar-refractivity contribution is 7.12. The van der Waals surface area contributed by atoms with Gasteiger partial charge in [0, 0.05) is 18.3 Å². The molecule has 11 heteroatoms. The minimum absolute atomic E-state index is 0.0849. The van der Waals surface area contributed by atoms with Gasteiger partial charge in [-0.15, -0.1) is 11.3 Å². The van der Waals surface area contributed by atoms with Crippen LogP contribution < -0.4 is 5.32 Å². The van der Waals surface area contributed by atoms with Crippen molar-refractivity contribution in [1.82, 2.24) is 24.5 Å². The lowest BCUT2D eigenvalue weighted by Gasteiger charge is -2.30. The second kappa shape index (κ2) is 6.05. The number of thiophene rings is 1. The van der Waals surface area contributed by atoms with Crippen LogP contribution in [0.4, 0.5) is 19.1 Å². The van der Waals surface area contributed by atoms with E-state index in [-0.39, 0.29) is 10.8 Å². The zero-order chi connectivity index (χ0) is 19.3. The second-order valence-corrected chi connectivity index (χ2v) is 6.91. The number of aryl methyl sites for hydroxylation is 1. The largest absolute Gasteiger partial charge is 0.431 e. The molecule has 1 atom stereocenters. The number of halogens is 3. The number of anilines is 1. The van der Waals surface area contributed by atoms with Crippen molar-refractivity contribution in [3.05, 3.63) is 57.4 Å².